The summed E-state index contributed by atoms with van der Waals surface area (Å²) in [4.78, 5) is 12.5. The highest BCUT2D eigenvalue weighted by atomic mass is 16.5. The third kappa shape index (κ3) is 3.29. The van der Waals surface area contributed by atoms with Gasteiger partial charge in [-0.3, -0.25) is 4.79 Å². The van der Waals surface area contributed by atoms with E-state index in [9.17, 15) is 9.90 Å². The predicted octanol–water partition coefficient (Wildman–Crippen LogP) is 2.58. The van der Waals surface area contributed by atoms with E-state index < -0.39 is 6.04 Å². The maximum Gasteiger partial charge on any atom is 0.274 e. The largest absolute Gasteiger partial charge is 0.394 e. The molecule has 0 fully saturated rings. The molecule has 0 aliphatic heterocycles. The Labute approximate surface area is 135 Å². The Morgan fingerprint density at radius 2 is 2.04 bits per heavy atom. The number of carbonyl (C=O) groups excluding carboxylic acids is 1. The van der Waals surface area contributed by atoms with Crippen molar-refractivity contribution in [3.63, 3.8) is 0 Å². The third-order valence-electron chi connectivity index (χ3n) is 4.44. The number of benzene rings is 1. The van der Waals surface area contributed by atoms with Crippen molar-refractivity contribution in [1.29, 1.82) is 0 Å². The minimum Gasteiger partial charge on any atom is -0.394 e. The molecule has 0 saturated carbocycles. The Bertz CT molecular complexity index is 676. The van der Waals surface area contributed by atoms with Crippen molar-refractivity contribution in [3.8, 4) is 0 Å². The lowest BCUT2D eigenvalue weighted by Crippen LogP contribution is -2.31. The minimum absolute atomic E-state index is 0.156. The van der Waals surface area contributed by atoms with Gasteiger partial charge in [0.2, 0.25) is 0 Å². The smallest absolute Gasteiger partial charge is 0.274 e. The zero-order valence-corrected chi connectivity index (χ0v) is 13.3. The number of aliphatic hydroxyl groups is 1. The van der Waals surface area contributed by atoms with Gasteiger partial charge in [0.05, 0.1) is 12.6 Å². The first-order valence-corrected chi connectivity index (χ1v) is 8.21. The number of fused-ring (bicyclic) bond motifs is 1. The lowest BCUT2D eigenvalue weighted by Gasteiger charge is -2.17. The summed E-state index contributed by atoms with van der Waals surface area (Å²) in [5.41, 5.74) is 3.40. The Kier molecular flexibility index (Phi) is 4.76. The minimum atomic E-state index is -0.440. The van der Waals surface area contributed by atoms with E-state index in [1.54, 1.807) is 0 Å². The fourth-order valence-electron chi connectivity index (χ4n) is 3.01. The van der Waals surface area contributed by atoms with Crippen LogP contribution in [-0.2, 0) is 19.3 Å². The van der Waals surface area contributed by atoms with Crippen LogP contribution in [0.15, 0.2) is 28.8 Å². The molecule has 0 radical (unpaired) electrons. The van der Waals surface area contributed by atoms with Crippen LogP contribution in [0.2, 0.25) is 0 Å². The maximum atomic E-state index is 12.5. The summed E-state index contributed by atoms with van der Waals surface area (Å²) < 4.78 is 5.29. The van der Waals surface area contributed by atoms with Crippen molar-refractivity contribution in [3.05, 3.63) is 52.4 Å². The first-order valence-electron chi connectivity index (χ1n) is 8.21. The summed E-state index contributed by atoms with van der Waals surface area (Å²) in [5, 5.41) is 16.4. The quantitative estimate of drug-likeness (QED) is 0.889. The second-order valence-electron chi connectivity index (χ2n) is 5.94. The monoisotopic (exact) mass is 314 g/mol. The molecule has 1 aromatic heterocycles. The van der Waals surface area contributed by atoms with Crippen LogP contribution in [0.25, 0.3) is 0 Å². The molecule has 0 bridgehead atoms. The van der Waals surface area contributed by atoms with Gasteiger partial charge in [-0.1, -0.05) is 36.3 Å². The van der Waals surface area contributed by atoms with Gasteiger partial charge in [-0.05, 0) is 36.8 Å². The molecule has 1 aliphatic rings. The fraction of sp³-hybridized carbons (Fsp3) is 0.444. The highest BCUT2D eigenvalue weighted by Crippen LogP contribution is 2.24. The second-order valence-corrected chi connectivity index (χ2v) is 5.94. The van der Waals surface area contributed by atoms with Crippen LogP contribution in [0.5, 0.6) is 0 Å². The molecule has 0 saturated heterocycles. The van der Waals surface area contributed by atoms with Crippen molar-refractivity contribution in [1.82, 2.24) is 10.5 Å². The normalized spacial score (nSPS) is 15.0. The number of amides is 1. The zero-order valence-electron chi connectivity index (χ0n) is 13.3. The van der Waals surface area contributed by atoms with Gasteiger partial charge in [-0.25, -0.2) is 0 Å². The van der Waals surface area contributed by atoms with E-state index in [1.807, 2.05) is 24.3 Å². The van der Waals surface area contributed by atoms with Gasteiger partial charge in [0.1, 0.15) is 5.76 Å². The number of hydrogen-bond donors (Lipinski definition) is 2. The van der Waals surface area contributed by atoms with Crippen molar-refractivity contribution in [2.24, 2.45) is 0 Å². The average molecular weight is 314 g/mol. The van der Waals surface area contributed by atoms with Crippen molar-refractivity contribution in [2.45, 2.75) is 45.1 Å². The van der Waals surface area contributed by atoms with E-state index in [1.165, 1.54) is 5.56 Å². The first kappa shape index (κ1) is 15.7. The highest BCUT2D eigenvalue weighted by Gasteiger charge is 2.25. The van der Waals surface area contributed by atoms with Crippen LogP contribution < -0.4 is 5.32 Å². The molecular weight excluding hydrogens is 292 g/mol. The Balaban J connectivity index is 1.75. The average Bonchev–Trinajstić information content (AvgIpc) is 3.04. The second kappa shape index (κ2) is 6.96. The number of nitrogens with zero attached hydrogens (tertiary/aromatic N) is 1. The van der Waals surface area contributed by atoms with E-state index in [4.69, 9.17) is 4.52 Å². The molecule has 1 amide bonds. The molecule has 2 N–H and O–H groups in total. The van der Waals surface area contributed by atoms with Gasteiger partial charge in [-0.15, -0.1) is 0 Å². The molecule has 1 aliphatic carbocycles. The van der Waals surface area contributed by atoms with Gasteiger partial charge in [-0.2, -0.15) is 0 Å². The van der Waals surface area contributed by atoms with Gasteiger partial charge >= 0.3 is 0 Å². The van der Waals surface area contributed by atoms with Crippen molar-refractivity contribution < 1.29 is 14.4 Å². The van der Waals surface area contributed by atoms with E-state index in [0.29, 0.717) is 5.69 Å². The number of hydrogen-bond acceptors (Lipinski definition) is 4. The van der Waals surface area contributed by atoms with Crippen molar-refractivity contribution >= 4 is 5.91 Å². The predicted molar refractivity (Wildman–Crippen MR) is 86.3 cm³/mol. The lowest BCUT2D eigenvalue weighted by molar-refractivity contribution is 0.0906. The maximum absolute atomic E-state index is 12.5. The number of aromatic nitrogens is 1. The van der Waals surface area contributed by atoms with E-state index >= 15 is 0 Å². The molecule has 2 aromatic rings. The van der Waals surface area contributed by atoms with Crippen LogP contribution >= 0.6 is 0 Å². The molecule has 1 atom stereocenters. The fourth-order valence-corrected chi connectivity index (χ4v) is 3.01. The highest BCUT2D eigenvalue weighted by molar-refractivity contribution is 5.94. The van der Waals surface area contributed by atoms with Crippen LogP contribution in [0.1, 0.15) is 58.7 Å². The summed E-state index contributed by atoms with van der Waals surface area (Å²) in [6, 6.07) is 7.48. The first-order chi connectivity index (χ1) is 11.2. The molecule has 23 heavy (non-hydrogen) atoms. The summed E-state index contributed by atoms with van der Waals surface area (Å²) >= 11 is 0. The summed E-state index contributed by atoms with van der Waals surface area (Å²) in [6.07, 6.45) is 4.76. The number of nitrogens with one attached hydrogen (secondary N) is 1. The molecule has 5 heteroatoms. The van der Waals surface area contributed by atoms with Gasteiger partial charge in [0.25, 0.3) is 5.91 Å². The molecule has 1 unspecified atom stereocenters. The molecule has 3 rings (SSSR count). The molecule has 1 aromatic carbocycles. The topological polar surface area (TPSA) is 75.4 Å². The third-order valence-corrected chi connectivity index (χ3v) is 4.44. The molecule has 1 heterocycles. The number of carbonyl (C=O) groups is 1. The van der Waals surface area contributed by atoms with E-state index in [0.717, 1.165) is 49.0 Å². The molecule has 5 nitrogen and oxygen atoms in total. The molecular formula is C18H22N2O3. The Hall–Kier alpha value is -2.14. The molecule has 122 valence electrons. The Morgan fingerprint density at radius 1 is 1.30 bits per heavy atom. The van der Waals surface area contributed by atoms with Gasteiger partial charge in [0, 0.05) is 12.0 Å². The zero-order chi connectivity index (χ0) is 16.2. The van der Waals surface area contributed by atoms with Crippen LogP contribution in [-0.4, -0.2) is 22.8 Å². The van der Waals surface area contributed by atoms with E-state index in [-0.39, 0.29) is 12.5 Å². The van der Waals surface area contributed by atoms with Gasteiger partial charge in [0.15, 0.2) is 5.69 Å². The SMILES string of the molecule is CCc1ccc(C(CO)NC(=O)c2noc3c2CCCC3)cc1. The van der Waals surface area contributed by atoms with E-state index in [2.05, 4.69) is 17.4 Å². The number of aryl methyl sites for hydroxylation is 2. The number of rotatable bonds is 5. The standard InChI is InChI=1S/C18H22N2O3/c1-2-12-7-9-13(10-8-12)15(11-21)19-18(22)17-14-5-3-4-6-16(14)23-20-17/h7-10,15,21H,2-6,11H2,1H3,(H,19,22). The summed E-state index contributed by atoms with van der Waals surface area (Å²) in [6.45, 7) is 1.94. The van der Waals surface area contributed by atoms with Crippen molar-refractivity contribution in [2.75, 3.05) is 6.61 Å². The Morgan fingerprint density at radius 3 is 2.74 bits per heavy atom. The number of aliphatic hydroxyl groups excluding tert-OH is 1. The lowest BCUT2D eigenvalue weighted by atomic mass is 9.96. The summed E-state index contributed by atoms with van der Waals surface area (Å²) in [5.74, 6) is 0.546. The van der Waals surface area contributed by atoms with Crippen LogP contribution in [0.4, 0.5) is 0 Å². The molecule has 0 spiro atoms. The van der Waals surface area contributed by atoms with Gasteiger partial charge < -0.3 is 14.9 Å². The van der Waals surface area contributed by atoms with Crippen LogP contribution in [0.3, 0.4) is 0 Å². The van der Waals surface area contributed by atoms with Crippen LogP contribution in [0, 0.1) is 0 Å². The summed E-state index contributed by atoms with van der Waals surface area (Å²) in [7, 11) is 0.